The monoisotopic (exact) mass is 328 g/mol. The minimum atomic E-state index is 0.331. The molecule has 1 heterocycles. The predicted octanol–water partition coefficient (Wildman–Crippen LogP) is 3.72. The van der Waals surface area contributed by atoms with Gasteiger partial charge in [0.2, 0.25) is 5.95 Å². The molecule has 1 aromatic rings. The summed E-state index contributed by atoms with van der Waals surface area (Å²) in [5.74, 6) is 2.60. The van der Waals surface area contributed by atoms with Crippen LogP contribution in [0.4, 0.5) is 11.8 Å². The van der Waals surface area contributed by atoms with Gasteiger partial charge in [-0.3, -0.25) is 0 Å². The van der Waals surface area contributed by atoms with E-state index in [4.69, 9.17) is 5.73 Å². The average Bonchev–Trinajstić information content (AvgIpc) is 2.32. The number of nitrogen functional groups attached to an aromatic ring is 1. The number of anilines is 2. The lowest BCUT2D eigenvalue weighted by atomic mass is 10.1. The third-order valence-electron chi connectivity index (χ3n) is 3.00. The molecule has 0 radical (unpaired) electrons. The smallest absolute Gasteiger partial charge is 0.222 e. The first-order chi connectivity index (χ1) is 8.90. The average molecular weight is 329 g/mol. The number of aromatic nitrogens is 2. The van der Waals surface area contributed by atoms with Crippen molar-refractivity contribution in [1.29, 1.82) is 0 Å². The van der Waals surface area contributed by atoms with E-state index in [2.05, 4.69) is 58.5 Å². The molecule has 19 heavy (non-hydrogen) atoms. The molecule has 4 nitrogen and oxygen atoms in total. The first-order valence-corrected chi connectivity index (χ1v) is 7.72. The number of nitrogens with zero attached hydrogens (tertiary/aromatic N) is 3. The lowest BCUT2D eigenvalue weighted by Crippen LogP contribution is -2.29. The second kappa shape index (κ2) is 7.68. The summed E-state index contributed by atoms with van der Waals surface area (Å²) in [6.45, 7) is 11.0. The molecule has 0 saturated carbocycles. The second-order valence-electron chi connectivity index (χ2n) is 5.75. The highest BCUT2D eigenvalue weighted by molar-refractivity contribution is 9.10. The van der Waals surface area contributed by atoms with Crippen LogP contribution in [0.2, 0.25) is 0 Å². The van der Waals surface area contributed by atoms with Crippen LogP contribution in [0.5, 0.6) is 0 Å². The molecular formula is C14H25BrN4. The second-order valence-corrected chi connectivity index (χ2v) is 6.61. The van der Waals surface area contributed by atoms with Crippen molar-refractivity contribution in [2.24, 2.45) is 11.8 Å². The topological polar surface area (TPSA) is 55.0 Å². The van der Waals surface area contributed by atoms with Gasteiger partial charge in [0.15, 0.2) is 0 Å². The van der Waals surface area contributed by atoms with Gasteiger partial charge < -0.3 is 10.6 Å². The van der Waals surface area contributed by atoms with E-state index in [1.54, 1.807) is 6.20 Å². The predicted molar refractivity (Wildman–Crippen MR) is 85.3 cm³/mol. The van der Waals surface area contributed by atoms with Gasteiger partial charge in [-0.25, -0.2) is 4.98 Å². The standard InChI is InChI=1S/C14H25BrN4/c1-10(2)5-7-19(8-6-11(3)4)13-12(15)9-17-14(16)18-13/h9-11H,5-8H2,1-4H3,(H2,16,17,18). The highest BCUT2D eigenvalue weighted by atomic mass is 79.9. The first kappa shape index (κ1) is 16.2. The van der Waals surface area contributed by atoms with Gasteiger partial charge in [-0.15, -0.1) is 0 Å². The number of hydrogen-bond donors (Lipinski definition) is 1. The van der Waals surface area contributed by atoms with E-state index >= 15 is 0 Å². The van der Waals surface area contributed by atoms with Crippen LogP contribution in [0.15, 0.2) is 10.7 Å². The van der Waals surface area contributed by atoms with Crippen LogP contribution in [0.1, 0.15) is 40.5 Å². The Hall–Kier alpha value is -0.840. The zero-order chi connectivity index (χ0) is 14.4. The lowest BCUT2D eigenvalue weighted by molar-refractivity contribution is 0.532. The van der Waals surface area contributed by atoms with Crippen LogP contribution in [-0.4, -0.2) is 23.1 Å². The summed E-state index contributed by atoms with van der Waals surface area (Å²) < 4.78 is 0.911. The maximum Gasteiger partial charge on any atom is 0.222 e. The fourth-order valence-corrected chi connectivity index (χ4v) is 2.19. The van der Waals surface area contributed by atoms with Gasteiger partial charge >= 0.3 is 0 Å². The summed E-state index contributed by atoms with van der Waals surface area (Å²) >= 11 is 3.52. The molecule has 0 aliphatic heterocycles. The van der Waals surface area contributed by atoms with Gasteiger partial charge in [0.1, 0.15) is 5.82 Å². The summed E-state index contributed by atoms with van der Waals surface area (Å²) in [4.78, 5) is 10.7. The zero-order valence-electron chi connectivity index (χ0n) is 12.4. The maximum atomic E-state index is 5.71. The Bertz CT molecular complexity index is 381. The zero-order valence-corrected chi connectivity index (χ0v) is 13.9. The largest absolute Gasteiger partial charge is 0.368 e. The minimum Gasteiger partial charge on any atom is -0.368 e. The minimum absolute atomic E-state index is 0.331. The number of nitrogens with two attached hydrogens (primary N) is 1. The van der Waals surface area contributed by atoms with Crippen molar-refractivity contribution >= 4 is 27.7 Å². The van der Waals surface area contributed by atoms with Crippen molar-refractivity contribution in [3.63, 3.8) is 0 Å². The lowest BCUT2D eigenvalue weighted by Gasteiger charge is -2.26. The SMILES string of the molecule is CC(C)CCN(CCC(C)C)c1nc(N)ncc1Br. The van der Waals surface area contributed by atoms with Crippen LogP contribution in [0.25, 0.3) is 0 Å². The van der Waals surface area contributed by atoms with E-state index in [1.807, 2.05) is 0 Å². The van der Waals surface area contributed by atoms with Crippen LogP contribution >= 0.6 is 15.9 Å². The third-order valence-corrected chi connectivity index (χ3v) is 3.56. The number of hydrogen-bond acceptors (Lipinski definition) is 4. The van der Waals surface area contributed by atoms with Crippen molar-refractivity contribution in [3.8, 4) is 0 Å². The molecule has 0 amide bonds. The van der Waals surface area contributed by atoms with Gasteiger partial charge in [0.05, 0.1) is 4.47 Å². The molecule has 1 rings (SSSR count). The Balaban J connectivity index is 2.83. The summed E-state index contributed by atoms with van der Waals surface area (Å²) in [6.07, 6.45) is 4.03. The van der Waals surface area contributed by atoms with Crippen molar-refractivity contribution in [1.82, 2.24) is 9.97 Å². The van der Waals surface area contributed by atoms with Crippen LogP contribution in [0.3, 0.4) is 0 Å². The molecule has 0 spiro atoms. The molecule has 0 atom stereocenters. The highest BCUT2D eigenvalue weighted by Crippen LogP contribution is 2.25. The van der Waals surface area contributed by atoms with E-state index in [0.717, 1.165) is 36.2 Å². The Morgan fingerprint density at radius 2 is 1.68 bits per heavy atom. The van der Waals surface area contributed by atoms with Gasteiger partial charge in [0, 0.05) is 19.3 Å². The molecule has 0 aliphatic carbocycles. The Kier molecular flexibility index (Phi) is 6.55. The molecule has 0 aliphatic rings. The van der Waals surface area contributed by atoms with E-state index in [0.29, 0.717) is 17.8 Å². The molecule has 1 aromatic heterocycles. The van der Waals surface area contributed by atoms with Gasteiger partial charge in [0.25, 0.3) is 0 Å². The van der Waals surface area contributed by atoms with Crippen molar-refractivity contribution < 1.29 is 0 Å². The van der Waals surface area contributed by atoms with Crippen molar-refractivity contribution in [2.45, 2.75) is 40.5 Å². The normalized spacial score (nSPS) is 11.3. The van der Waals surface area contributed by atoms with Crippen LogP contribution < -0.4 is 10.6 Å². The van der Waals surface area contributed by atoms with Gasteiger partial charge in [-0.1, -0.05) is 27.7 Å². The third kappa shape index (κ3) is 5.76. The maximum absolute atomic E-state index is 5.71. The molecule has 2 N–H and O–H groups in total. The number of halogens is 1. The summed E-state index contributed by atoms with van der Waals surface area (Å²) in [6, 6.07) is 0. The van der Waals surface area contributed by atoms with Gasteiger partial charge in [-0.05, 0) is 40.6 Å². The Morgan fingerprint density at radius 3 is 2.16 bits per heavy atom. The van der Waals surface area contributed by atoms with Crippen LogP contribution in [-0.2, 0) is 0 Å². The quantitative estimate of drug-likeness (QED) is 0.828. The molecule has 0 unspecified atom stereocenters. The Labute approximate surface area is 124 Å². The summed E-state index contributed by atoms with van der Waals surface area (Å²) in [7, 11) is 0. The molecule has 0 fully saturated rings. The van der Waals surface area contributed by atoms with Crippen molar-refractivity contribution in [2.75, 3.05) is 23.7 Å². The van der Waals surface area contributed by atoms with E-state index in [1.165, 1.54) is 0 Å². The van der Waals surface area contributed by atoms with E-state index < -0.39 is 0 Å². The number of rotatable bonds is 7. The molecule has 0 saturated heterocycles. The van der Waals surface area contributed by atoms with Crippen LogP contribution in [0, 0.1) is 11.8 Å². The summed E-state index contributed by atoms with van der Waals surface area (Å²) in [5.41, 5.74) is 5.71. The van der Waals surface area contributed by atoms with Gasteiger partial charge in [-0.2, -0.15) is 4.98 Å². The summed E-state index contributed by atoms with van der Waals surface area (Å²) in [5, 5.41) is 0. The molecule has 5 heteroatoms. The molecule has 108 valence electrons. The molecular weight excluding hydrogens is 304 g/mol. The molecule has 0 aromatic carbocycles. The molecule has 0 bridgehead atoms. The first-order valence-electron chi connectivity index (χ1n) is 6.93. The van der Waals surface area contributed by atoms with E-state index in [9.17, 15) is 0 Å². The Morgan fingerprint density at radius 1 is 1.16 bits per heavy atom. The fraction of sp³-hybridized carbons (Fsp3) is 0.714. The van der Waals surface area contributed by atoms with Crippen molar-refractivity contribution in [3.05, 3.63) is 10.7 Å². The van der Waals surface area contributed by atoms with E-state index in [-0.39, 0.29) is 0 Å². The highest BCUT2D eigenvalue weighted by Gasteiger charge is 2.14. The fourth-order valence-electron chi connectivity index (χ4n) is 1.74.